The molecule has 1 N–H and O–H groups in total. The second-order valence-corrected chi connectivity index (χ2v) is 11.7. The molecule has 0 spiro atoms. The monoisotopic (exact) mass is 526 g/mol. The van der Waals surface area contributed by atoms with Crippen LogP contribution in [0.5, 0.6) is 0 Å². The minimum atomic E-state index is 0.00931. The number of carbonyl (C=O) groups excluding carboxylic acids is 1. The van der Waals surface area contributed by atoms with Gasteiger partial charge in [0.15, 0.2) is 0 Å². The molecule has 1 amide bonds. The number of nitrogens with zero attached hydrogens (tertiary/aromatic N) is 1. The number of hydrogen-bond acceptors (Lipinski definition) is 1. The number of carbonyl (C=O) groups is 1. The van der Waals surface area contributed by atoms with E-state index in [2.05, 4.69) is 123 Å². The van der Waals surface area contributed by atoms with Crippen LogP contribution in [0.25, 0.3) is 22.0 Å². The van der Waals surface area contributed by atoms with Gasteiger partial charge in [-0.05, 0) is 90.1 Å². The molecule has 0 unspecified atom stereocenters. The molecular formula is C37H38N2O. The Labute approximate surface area is 237 Å². The SMILES string of the molecule is Cc1c(C)n(Cc2ccc(-c3ccccc3)cc2)c2ccc(C(=O)N[C@@H](c3cccc(C(C)C)c3)C3CC3)cc12. The molecule has 40 heavy (non-hydrogen) atoms. The zero-order valence-electron chi connectivity index (χ0n) is 23.9. The molecule has 4 aromatic carbocycles. The van der Waals surface area contributed by atoms with Gasteiger partial charge in [-0.15, -0.1) is 0 Å². The van der Waals surface area contributed by atoms with Crippen molar-refractivity contribution in [3.05, 3.63) is 131 Å². The summed E-state index contributed by atoms with van der Waals surface area (Å²) in [5.41, 5.74) is 10.6. The van der Waals surface area contributed by atoms with Gasteiger partial charge < -0.3 is 9.88 Å². The normalized spacial score (nSPS) is 14.0. The number of fused-ring (bicyclic) bond motifs is 1. The third kappa shape index (κ3) is 5.21. The van der Waals surface area contributed by atoms with E-state index in [0.29, 0.717) is 11.8 Å². The zero-order valence-corrected chi connectivity index (χ0v) is 23.9. The predicted octanol–water partition coefficient (Wildman–Crippen LogP) is 8.98. The molecule has 1 heterocycles. The second kappa shape index (κ2) is 10.8. The van der Waals surface area contributed by atoms with E-state index in [0.717, 1.165) is 17.5 Å². The minimum absolute atomic E-state index is 0.00931. The fourth-order valence-corrected chi connectivity index (χ4v) is 5.85. The summed E-state index contributed by atoms with van der Waals surface area (Å²) in [6.07, 6.45) is 2.34. The Balaban J connectivity index is 1.24. The highest BCUT2D eigenvalue weighted by atomic mass is 16.1. The van der Waals surface area contributed by atoms with Gasteiger partial charge in [0.1, 0.15) is 0 Å². The Morgan fingerprint density at radius 2 is 1.52 bits per heavy atom. The molecule has 5 aromatic rings. The first kappa shape index (κ1) is 26.1. The van der Waals surface area contributed by atoms with Crippen LogP contribution in [0.1, 0.15) is 77.0 Å². The molecule has 1 aliphatic rings. The van der Waals surface area contributed by atoms with Gasteiger partial charge in [-0.1, -0.05) is 92.7 Å². The van der Waals surface area contributed by atoms with Gasteiger partial charge in [0.05, 0.1) is 6.04 Å². The molecule has 1 saturated carbocycles. The van der Waals surface area contributed by atoms with Gasteiger partial charge in [0.25, 0.3) is 5.91 Å². The molecule has 3 heteroatoms. The summed E-state index contributed by atoms with van der Waals surface area (Å²) in [7, 11) is 0. The highest BCUT2D eigenvalue weighted by molar-refractivity contribution is 5.99. The van der Waals surface area contributed by atoms with E-state index in [1.54, 1.807) is 0 Å². The smallest absolute Gasteiger partial charge is 0.251 e. The maximum Gasteiger partial charge on any atom is 0.251 e. The molecule has 0 aliphatic heterocycles. The number of nitrogens with one attached hydrogen (secondary N) is 1. The van der Waals surface area contributed by atoms with Crippen LogP contribution in [0.2, 0.25) is 0 Å². The summed E-state index contributed by atoms with van der Waals surface area (Å²) < 4.78 is 2.37. The summed E-state index contributed by atoms with van der Waals surface area (Å²) in [6.45, 7) is 9.58. The predicted molar refractivity (Wildman–Crippen MR) is 166 cm³/mol. The van der Waals surface area contributed by atoms with Crippen molar-refractivity contribution in [2.45, 2.75) is 59.0 Å². The van der Waals surface area contributed by atoms with Crippen LogP contribution < -0.4 is 5.32 Å². The van der Waals surface area contributed by atoms with Crippen molar-refractivity contribution in [2.24, 2.45) is 5.92 Å². The van der Waals surface area contributed by atoms with E-state index in [4.69, 9.17) is 0 Å². The summed E-state index contributed by atoms with van der Waals surface area (Å²) in [5.74, 6) is 0.999. The van der Waals surface area contributed by atoms with Crippen LogP contribution in [0, 0.1) is 19.8 Å². The zero-order chi connectivity index (χ0) is 27.8. The highest BCUT2D eigenvalue weighted by Gasteiger charge is 2.34. The summed E-state index contributed by atoms with van der Waals surface area (Å²) in [6, 6.07) is 34.3. The first-order valence-corrected chi connectivity index (χ1v) is 14.5. The van der Waals surface area contributed by atoms with E-state index in [-0.39, 0.29) is 11.9 Å². The van der Waals surface area contributed by atoms with Crippen LogP contribution in [0.3, 0.4) is 0 Å². The van der Waals surface area contributed by atoms with Gasteiger partial charge in [0.2, 0.25) is 0 Å². The van der Waals surface area contributed by atoms with Crippen molar-refractivity contribution in [1.29, 1.82) is 0 Å². The molecular weight excluding hydrogens is 488 g/mol. The van der Waals surface area contributed by atoms with Gasteiger partial charge in [0, 0.05) is 28.7 Å². The maximum atomic E-state index is 13.5. The average Bonchev–Trinajstić information content (AvgIpc) is 3.80. The number of benzene rings is 4. The largest absolute Gasteiger partial charge is 0.345 e. The van der Waals surface area contributed by atoms with E-state index in [1.165, 1.54) is 57.4 Å². The Bertz CT molecular complexity index is 1660. The second-order valence-electron chi connectivity index (χ2n) is 11.7. The summed E-state index contributed by atoms with van der Waals surface area (Å²) in [4.78, 5) is 13.5. The van der Waals surface area contributed by atoms with Gasteiger partial charge in [-0.3, -0.25) is 4.79 Å². The number of aryl methyl sites for hydroxylation is 1. The van der Waals surface area contributed by atoms with Gasteiger partial charge in [-0.25, -0.2) is 0 Å². The van der Waals surface area contributed by atoms with Gasteiger partial charge >= 0.3 is 0 Å². The summed E-state index contributed by atoms with van der Waals surface area (Å²) >= 11 is 0. The molecule has 0 radical (unpaired) electrons. The fraction of sp³-hybridized carbons (Fsp3) is 0.270. The molecule has 3 nitrogen and oxygen atoms in total. The molecule has 0 saturated heterocycles. The Hall–Kier alpha value is -4.11. The fourth-order valence-electron chi connectivity index (χ4n) is 5.85. The van der Waals surface area contributed by atoms with E-state index < -0.39 is 0 Å². The van der Waals surface area contributed by atoms with Crippen molar-refractivity contribution in [2.75, 3.05) is 0 Å². The average molecular weight is 527 g/mol. The minimum Gasteiger partial charge on any atom is -0.345 e. The van der Waals surface area contributed by atoms with Crippen LogP contribution in [-0.4, -0.2) is 10.5 Å². The number of amides is 1. The van der Waals surface area contributed by atoms with E-state index >= 15 is 0 Å². The van der Waals surface area contributed by atoms with Crippen LogP contribution in [0.15, 0.2) is 97.1 Å². The number of rotatable bonds is 8. The number of aromatic nitrogens is 1. The third-order valence-corrected chi connectivity index (χ3v) is 8.62. The lowest BCUT2D eigenvalue weighted by Gasteiger charge is -2.20. The molecule has 1 aliphatic carbocycles. The Morgan fingerprint density at radius 3 is 2.23 bits per heavy atom. The van der Waals surface area contributed by atoms with Crippen molar-refractivity contribution in [3.63, 3.8) is 0 Å². The van der Waals surface area contributed by atoms with Crippen LogP contribution in [-0.2, 0) is 6.54 Å². The highest BCUT2D eigenvalue weighted by Crippen LogP contribution is 2.41. The lowest BCUT2D eigenvalue weighted by Crippen LogP contribution is -2.30. The van der Waals surface area contributed by atoms with E-state index in [1.807, 2.05) is 12.1 Å². The van der Waals surface area contributed by atoms with E-state index in [9.17, 15) is 4.79 Å². The number of hydrogen-bond donors (Lipinski definition) is 1. The standard InChI is InChI=1S/C37H38N2O/c1-24(2)31-11-8-12-32(21-31)36(30-17-18-30)38-37(40)33-19-20-35-34(22-33)25(3)26(4)39(35)23-27-13-15-29(16-14-27)28-9-6-5-7-10-28/h5-16,19-22,24,30,36H,17-18,23H2,1-4H3,(H,38,40)/t36-/m1/s1. The maximum absolute atomic E-state index is 13.5. The molecule has 1 atom stereocenters. The molecule has 202 valence electrons. The molecule has 1 fully saturated rings. The molecule has 0 bridgehead atoms. The Kier molecular flexibility index (Phi) is 7.06. The van der Waals surface area contributed by atoms with Crippen molar-refractivity contribution in [3.8, 4) is 11.1 Å². The van der Waals surface area contributed by atoms with Crippen molar-refractivity contribution < 1.29 is 4.79 Å². The Morgan fingerprint density at radius 1 is 0.825 bits per heavy atom. The van der Waals surface area contributed by atoms with Crippen LogP contribution >= 0.6 is 0 Å². The topological polar surface area (TPSA) is 34.0 Å². The van der Waals surface area contributed by atoms with Gasteiger partial charge in [-0.2, -0.15) is 0 Å². The summed E-state index contributed by atoms with van der Waals surface area (Å²) in [5, 5.41) is 4.55. The third-order valence-electron chi connectivity index (χ3n) is 8.62. The van der Waals surface area contributed by atoms with Crippen molar-refractivity contribution >= 4 is 16.8 Å². The molecule has 6 rings (SSSR count). The van der Waals surface area contributed by atoms with Crippen LogP contribution in [0.4, 0.5) is 0 Å². The molecule has 1 aromatic heterocycles. The van der Waals surface area contributed by atoms with Crippen molar-refractivity contribution in [1.82, 2.24) is 9.88 Å². The quantitative estimate of drug-likeness (QED) is 0.215. The first-order chi connectivity index (χ1) is 19.4. The lowest BCUT2D eigenvalue weighted by molar-refractivity contribution is 0.0932. The first-order valence-electron chi connectivity index (χ1n) is 14.5. The lowest BCUT2D eigenvalue weighted by atomic mass is 9.95.